The average Bonchev–Trinajstić information content (AvgIpc) is 3.11. The largest absolute Gasteiger partial charge is 0.341 e. The Hall–Kier alpha value is -1.00. The van der Waals surface area contributed by atoms with Gasteiger partial charge in [-0.2, -0.15) is 0 Å². The number of aryl methyl sites for hydroxylation is 2. The third-order valence-corrected chi connectivity index (χ3v) is 5.81. The summed E-state index contributed by atoms with van der Waals surface area (Å²) in [5, 5.41) is 0. The Kier molecular flexibility index (Phi) is 4.27. The molecule has 3 nitrogen and oxygen atoms in total. The van der Waals surface area contributed by atoms with Gasteiger partial charge in [-0.05, 0) is 60.9 Å². The fourth-order valence-corrected chi connectivity index (χ4v) is 4.14. The quantitative estimate of drug-likeness (QED) is 0.869. The zero-order valence-corrected chi connectivity index (χ0v) is 13.5. The van der Waals surface area contributed by atoms with Gasteiger partial charge < -0.3 is 10.6 Å². The summed E-state index contributed by atoms with van der Waals surface area (Å²) in [5.74, 6) is 0.789. The fraction of sp³-hybridized carbons (Fsp3) is 0.588. The van der Waals surface area contributed by atoms with E-state index in [1.54, 1.807) is 11.8 Å². The van der Waals surface area contributed by atoms with E-state index < -0.39 is 0 Å². The number of rotatable bonds is 4. The summed E-state index contributed by atoms with van der Waals surface area (Å²) in [4.78, 5) is 15.5. The highest BCUT2D eigenvalue weighted by atomic mass is 32.2. The minimum Gasteiger partial charge on any atom is -0.341 e. The average molecular weight is 304 g/mol. The van der Waals surface area contributed by atoms with E-state index in [-0.39, 0.29) is 11.3 Å². The number of hydrogen-bond acceptors (Lipinski definition) is 3. The van der Waals surface area contributed by atoms with Crippen LogP contribution < -0.4 is 5.73 Å². The van der Waals surface area contributed by atoms with Crippen molar-refractivity contribution >= 4 is 17.7 Å². The molecule has 0 radical (unpaired) electrons. The second-order valence-electron chi connectivity index (χ2n) is 6.65. The zero-order chi connectivity index (χ0) is 14.9. The molecule has 1 heterocycles. The molecule has 0 aromatic heterocycles. The van der Waals surface area contributed by atoms with Crippen molar-refractivity contribution in [3.63, 3.8) is 0 Å². The Balaban J connectivity index is 1.55. The standard InChI is InChI=1S/C17H24N2OS/c1-17(11-18)7-8-19(12-17)16(20)10-21-15-6-5-13-3-2-4-14(13)9-15/h5-6,9H,2-4,7-8,10-12,18H2,1H3. The van der Waals surface area contributed by atoms with Gasteiger partial charge in [0.15, 0.2) is 0 Å². The molecule has 0 spiro atoms. The molecule has 1 aliphatic heterocycles. The van der Waals surface area contributed by atoms with E-state index in [0.29, 0.717) is 12.3 Å². The smallest absolute Gasteiger partial charge is 0.232 e. The van der Waals surface area contributed by atoms with Gasteiger partial charge in [0.05, 0.1) is 5.75 Å². The molecule has 1 atom stereocenters. The van der Waals surface area contributed by atoms with Crippen LogP contribution in [0.2, 0.25) is 0 Å². The van der Waals surface area contributed by atoms with E-state index in [9.17, 15) is 4.79 Å². The van der Waals surface area contributed by atoms with Gasteiger partial charge in [0.25, 0.3) is 0 Å². The van der Waals surface area contributed by atoms with Gasteiger partial charge >= 0.3 is 0 Å². The molecule has 114 valence electrons. The first-order valence-corrected chi connectivity index (χ1v) is 8.81. The maximum atomic E-state index is 12.3. The molecule has 4 heteroatoms. The normalized spacial score (nSPS) is 24.4. The highest BCUT2D eigenvalue weighted by Crippen LogP contribution is 2.30. The lowest BCUT2D eigenvalue weighted by Crippen LogP contribution is -2.35. The Morgan fingerprint density at radius 3 is 2.95 bits per heavy atom. The van der Waals surface area contributed by atoms with Gasteiger partial charge in [0.2, 0.25) is 5.91 Å². The first-order chi connectivity index (χ1) is 10.1. The summed E-state index contributed by atoms with van der Waals surface area (Å²) in [7, 11) is 0. The summed E-state index contributed by atoms with van der Waals surface area (Å²) < 4.78 is 0. The van der Waals surface area contributed by atoms with E-state index in [1.165, 1.54) is 35.3 Å². The van der Waals surface area contributed by atoms with Crippen LogP contribution >= 0.6 is 11.8 Å². The van der Waals surface area contributed by atoms with Crippen molar-refractivity contribution in [1.29, 1.82) is 0 Å². The Labute approximate surface area is 131 Å². The molecule has 1 fully saturated rings. The zero-order valence-electron chi connectivity index (χ0n) is 12.7. The van der Waals surface area contributed by atoms with Crippen LogP contribution in [0.3, 0.4) is 0 Å². The number of hydrogen-bond donors (Lipinski definition) is 1. The number of fused-ring (bicyclic) bond motifs is 1. The van der Waals surface area contributed by atoms with Crippen molar-refractivity contribution < 1.29 is 4.79 Å². The highest BCUT2D eigenvalue weighted by molar-refractivity contribution is 8.00. The van der Waals surface area contributed by atoms with E-state index in [0.717, 1.165) is 19.5 Å². The van der Waals surface area contributed by atoms with Crippen LogP contribution in [0.25, 0.3) is 0 Å². The number of carbonyl (C=O) groups is 1. The minimum absolute atomic E-state index is 0.119. The lowest BCUT2D eigenvalue weighted by atomic mass is 9.90. The number of likely N-dealkylation sites (tertiary alicyclic amines) is 1. The molecular formula is C17H24N2OS. The number of nitrogens with two attached hydrogens (primary N) is 1. The summed E-state index contributed by atoms with van der Waals surface area (Å²) in [6, 6.07) is 6.67. The highest BCUT2D eigenvalue weighted by Gasteiger charge is 2.34. The second kappa shape index (κ2) is 6.01. The van der Waals surface area contributed by atoms with Crippen LogP contribution in [-0.4, -0.2) is 36.2 Å². The SMILES string of the molecule is CC1(CN)CCN(C(=O)CSc2ccc3c(c2)CCC3)C1. The van der Waals surface area contributed by atoms with Gasteiger partial charge in [0.1, 0.15) is 0 Å². The predicted molar refractivity (Wildman–Crippen MR) is 87.5 cm³/mol. The van der Waals surface area contributed by atoms with Crippen molar-refractivity contribution in [3.05, 3.63) is 29.3 Å². The lowest BCUT2D eigenvalue weighted by molar-refractivity contribution is -0.127. The number of thioether (sulfide) groups is 1. The third-order valence-electron chi connectivity index (χ3n) is 4.84. The van der Waals surface area contributed by atoms with Crippen LogP contribution in [0, 0.1) is 5.41 Å². The molecular weight excluding hydrogens is 280 g/mol. The topological polar surface area (TPSA) is 46.3 Å². The third kappa shape index (κ3) is 3.27. The monoisotopic (exact) mass is 304 g/mol. The van der Waals surface area contributed by atoms with Crippen LogP contribution in [0.5, 0.6) is 0 Å². The van der Waals surface area contributed by atoms with Gasteiger partial charge in [0, 0.05) is 18.0 Å². The van der Waals surface area contributed by atoms with Crippen LogP contribution in [0.4, 0.5) is 0 Å². The number of benzene rings is 1. The van der Waals surface area contributed by atoms with Gasteiger partial charge in [-0.3, -0.25) is 4.79 Å². The second-order valence-corrected chi connectivity index (χ2v) is 7.70. The molecule has 2 N–H and O–H groups in total. The Morgan fingerprint density at radius 2 is 2.19 bits per heavy atom. The Morgan fingerprint density at radius 1 is 1.38 bits per heavy atom. The van der Waals surface area contributed by atoms with Crippen LogP contribution in [0.15, 0.2) is 23.1 Å². The first-order valence-electron chi connectivity index (χ1n) is 7.82. The fourth-order valence-electron chi connectivity index (χ4n) is 3.28. The molecule has 1 aliphatic carbocycles. The lowest BCUT2D eigenvalue weighted by Gasteiger charge is -2.22. The molecule has 0 saturated carbocycles. The first kappa shape index (κ1) is 14.9. The maximum absolute atomic E-state index is 12.3. The molecule has 1 amide bonds. The molecule has 1 aromatic rings. The van der Waals surface area contributed by atoms with E-state index in [1.807, 2.05) is 4.90 Å². The Bertz CT molecular complexity index is 546. The number of carbonyl (C=O) groups excluding carboxylic acids is 1. The van der Waals surface area contributed by atoms with E-state index >= 15 is 0 Å². The van der Waals surface area contributed by atoms with Crippen molar-refractivity contribution in [2.45, 2.75) is 37.5 Å². The van der Waals surface area contributed by atoms with Gasteiger partial charge in [-0.25, -0.2) is 0 Å². The molecule has 21 heavy (non-hydrogen) atoms. The molecule has 2 aliphatic rings. The van der Waals surface area contributed by atoms with Crippen molar-refractivity contribution in [2.24, 2.45) is 11.1 Å². The number of amides is 1. The molecule has 0 bridgehead atoms. The maximum Gasteiger partial charge on any atom is 0.232 e. The van der Waals surface area contributed by atoms with E-state index in [2.05, 4.69) is 25.1 Å². The number of nitrogens with zero attached hydrogens (tertiary/aromatic N) is 1. The summed E-state index contributed by atoms with van der Waals surface area (Å²) >= 11 is 1.67. The van der Waals surface area contributed by atoms with Gasteiger partial charge in [-0.1, -0.05) is 13.0 Å². The van der Waals surface area contributed by atoms with Crippen molar-refractivity contribution in [1.82, 2.24) is 4.90 Å². The van der Waals surface area contributed by atoms with Crippen LogP contribution in [0.1, 0.15) is 30.9 Å². The minimum atomic E-state index is 0.119. The van der Waals surface area contributed by atoms with Crippen molar-refractivity contribution in [3.8, 4) is 0 Å². The van der Waals surface area contributed by atoms with Gasteiger partial charge in [-0.15, -0.1) is 11.8 Å². The molecule has 1 unspecified atom stereocenters. The van der Waals surface area contributed by atoms with Crippen LogP contribution in [-0.2, 0) is 17.6 Å². The van der Waals surface area contributed by atoms with Crippen molar-refractivity contribution in [2.75, 3.05) is 25.4 Å². The van der Waals surface area contributed by atoms with E-state index in [4.69, 9.17) is 5.73 Å². The summed E-state index contributed by atoms with van der Waals surface area (Å²) in [6.45, 7) is 4.51. The molecule has 1 aromatic carbocycles. The summed E-state index contributed by atoms with van der Waals surface area (Å²) in [6.07, 6.45) is 4.70. The molecule has 1 saturated heterocycles. The summed E-state index contributed by atoms with van der Waals surface area (Å²) in [5.41, 5.74) is 8.89. The predicted octanol–water partition coefficient (Wildman–Crippen LogP) is 2.46. The molecule has 3 rings (SSSR count).